The zero-order valence-electron chi connectivity index (χ0n) is 13.8. The molecule has 0 saturated carbocycles. The maximum absolute atomic E-state index is 12.0. The molecule has 4 heteroatoms. The first-order valence-electron chi connectivity index (χ1n) is 7.92. The minimum atomic E-state index is -0.202. The molecule has 0 aromatic heterocycles. The van der Waals surface area contributed by atoms with Crippen LogP contribution in [0.15, 0.2) is 48.5 Å². The largest absolute Gasteiger partial charge is 0.399 e. The van der Waals surface area contributed by atoms with Crippen molar-refractivity contribution in [3.05, 3.63) is 65.2 Å². The van der Waals surface area contributed by atoms with E-state index in [0.29, 0.717) is 24.6 Å². The third-order valence-corrected chi connectivity index (χ3v) is 3.89. The van der Waals surface area contributed by atoms with Crippen LogP contribution >= 0.6 is 0 Å². The van der Waals surface area contributed by atoms with E-state index in [0.717, 1.165) is 11.1 Å². The summed E-state index contributed by atoms with van der Waals surface area (Å²) < 4.78 is 0. The predicted molar refractivity (Wildman–Crippen MR) is 95.0 cm³/mol. The molecule has 0 aliphatic heterocycles. The van der Waals surface area contributed by atoms with Gasteiger partial charge in [-0.05, 0) is 34.7 Å². The van der Waals surface area contributed by atoms with Crippen LogP contribution in [0, 0.1) is 0 Å². The Balaban J connectivity index is 1.84. The molecule has 1 unspecified atom stereocenters. The Hall–Kier alpha value is -2.33. The molecular formula is C19H25N3O. The third kappa shape index (κ3) is 5.11. The minimum Gasteiger partial charge on any atom is -0.399 e. The van der Waals surface area contributed by atoms with Crippen molar-refractivity contribution < 1.29 is 4.79 Å². The molecular weight excluding hydrogens is 286 g/mol. The Morgan fingerprint density at radius 2 is 1.57 bits per heavy atom. The van der Waals surface area contributed by atoms with Crippen molar-refractivity contribution in [2.45, 2.75) is 32.2 Å². The highest BCUT2D eigenvalue weighted by molar-refractivity contribution is 5.78. The number of hydrogen-bond donors (Lipinski definition) is 3. The highest BCUT2D eigenvalue weighted by Crippen LogP contribution is 2.17. The summed E-state index contributed by atoms with van der Waals surface area (Å²) in [6, 6.07) is 15.4. The summed E-state index contributed by atoms with van der Waals surface area (Å²) in [7, 11) is 0. The van der Waals surface area contributed by atoms with Gasteiger partial charge < -0.3 is 16.8 Å². The molecule has 0 saturated heterocycles. The fraction of sp³-hybridized carbons (Fsp3) is 0.316. The summed E-state index contributed by atoms with van der Waals surface area (Å²) in [5.74, 6) is 0.462. The molecule has 0 fully saturated rings. The van der Waals surface area contributed by atoms with Gasteiger partial charge in [-0.25, -0.2) is 0 Å². The van der Waals surface area contributed by atoms with Gasteiger partial charge in [0.1, 0.15) is 0 Å². The maximum atomic E-state index is 12.0. The number of nitrogen functional groups attached to an aromatic ring is 1. The Morgan fingerprint density at radius 3 is 2.13 bits per heavy atom. The summed E-state index contributed by atoms with van der Waals surface area (Å²) in [4.78, 5) is 12.0. The SMILES string of the molecule is CC(C)c1ccc(C(N)CNC(=O)Cc2ccc(N)cc2)cc1. The maximum Gasteiger partial charge on any atom is 0.224 e. The summed E-state index contributed by atoms with van der Waals surface area (Å²) in [6.07, 6.45) is 0.333. The van der Waals surface area contributed by atoms with Crippen molar-refractivity contribution in [2.24, 2.45) is 5.73 Å². The van der Waals surface area contributed by atoms with E-state index in [-0.39, 0.29) is 11.9 Å². The van der Waals surface area contributed by atoms with E-state index in [1.54, 1.807) is 12.1 Å². The summed E-state index contributed by atoms with van der Waals surface area (Å²) in [5, 5.41) is 2.89. The van der Waals surface area contributed by atoms with Crippen molar-refractivity contribution in [3.8, 4) is 0 Å². The first kappa shape index (κ1) is 17.0. The fourth-order valence-electron chi connectivity index (χ4n) is 2.35. The van der Waals surface area contributed by atoms with Crippen molar-refractivity contribution in [1.82, 2.24) is 5.32 Å². The minimum absolute atomic E-state index is 0.0379. The Kier molecular flexibility index (Phi) is 5.77. The quantitative estimate of drug-likeness (QED) is 0.718. The molecule has 122 valence electrons. The van der Waals surface area contributed by atoms with Gasteiger partial charge in [-0.15, -0.1) is 0 Å². The highest BCUT2D eigenvalue weighted by atomic mass is 16.1. The molecule has 2 aromatic carbocycles. The molecule has 0 bridgehead atoms. The molecule has 5 N–H and O–H groups in total. The van der Waals surface area contributed by atoms with Crippen LogP contribution in [-0.2, 0) is 11.2 Å². The standard InChI is InChI=1S/C19H25N3O/c1-13(2)15-5-7-16(8-6-15)18(21)12-22-19(23)11-14-3-9-17(20)10-4-14/h3-10,13,18H,11-12,20-21H2,1-2H3,(H,22,23). The van der Waals surface area contributed by atoms with Gasteiger partial charge in [-0.2, -0.15) is 0 Å². The average molecular weight is 311 g/mol. The van der Waals surface area contributed by atoms with Gasteiger partial charge in [-0.3, -0.25) is 4.79 Å². The van der Waals surface area contributed by atoms with E-state index < -0.39 is 0 Å². The van der Waals surface area contributed by atoms with Gasteiger partial charge in [0.05, 0.1) is 6.42 Å². The second-order valence-corrected chi connectivity index (χ2v) is 6.15. The van der Waals surface area contributed by atoms with Gasteiger partial charge in [0, 0.05) is 18.3 Å². The smallest absolute Gasteiger partial charge is 0.224 e. The molecule has 0 heterocycles. The fourth-order valence-corrected chi connectivity index (χ4v) is 2.35. The molecule has 1 atom stereocenters. The van der Waals surface area contributed by atoms with Gasteiger partial charge in [-0.1, -0.05) is 50.2 Å². The average Bonchev–Trinajstić information content (AvgIpc) is 2.55. The van der Waals surface area contributed by atoms with Crippen LogP contribution in [-0.4, -0.2) is 12.5 Å². The monoisotopic (exact) mass is 311 g/mol. The van der Waals surface area contributed by atoms with Crippen LogP contribution < -0.4 is 16.8 Å². The number of benzene rings is 2. The van der Waals surface area contributed by atoms with Gasteiger partial charge in [0.2, 0.25) is 5.91 Å². The van der Waals surface area contributed by atoms with E-state index in [9.17, 15) is 4.79 Å². The zero-order valence-corrected chi connectivity index (χ0v) is 13.8. The topological polar surface area (TPSA) is 81.1 Å². The molecule has 0 aliphatic carbocycles. The molecule has 0 radical (unpaired) electrons. The van der Waals surface area contributed by atoms with Crippen LogP contribution in [0.3, 0.4) is 0 Å². The number of anilines is 1. The van der Waals surface area contributed by atoms with E-state index >= 15 is 0 Å². The van der Waals surface area contributed by atoms with Gasteiger partial charge in [0.15, 0.2) is 0 Å². The van der Waals surface area contributed by atoms with E-state index in [1.165, 1.54) is 5.56 Å². The lowest BCUT2D eigenvalue weighted by Crippen LogP contribution is -2.32. The molecule has 4 nitrogen and oxygen atoms in total. The third-order valence-electron chi connectivity index (χ3n) is 3.89. The van der Waals surface area contributed by atoms with Crippen LogP contribution in [0.5, 0.6) is 0 Å². The summed E-state index contributed by atoms with van der Waals surface area (Å²) in [5.41, 5.74) is 15.7. The number of carbonyl (C=O) groups is 1. The van der Waals surface area contributed by atoms with Crippen molar-refractivity contribution in [2.75, 3.05) is 12.3 Å². The van der Waals surface area contributed by atoms with Crippen LogP contribution in [0.2, 0.25) is 0 Å². The lowest BCUT2D eigenvalue weighted by molar-refractivity contribution is -0.120. The van der Waals surface area contributed by atoms with Crippen LogP contribution in [0.1, 0.15) is 42.5 Å². The Bertz CT molecular complexity index is 633. The molecule has 1 amide bonds. The molecule has 0 spiro atoms. The van der Waals surface area contributed by atoms with E-state index in [4.69, 9.17) is 11.5 Å². The first-order chi connectivity index (χ1) is 11.0. The number of nitrogens with two attached hydrogens (primary N) is 2. The van der Waals surface area contributed by atoms with Crippen molar-refractivity contribution >= 4 is 11.6 Å². The number of rotatable bonds is 6. The molecule has 23 heavy (non-hydrogen) atoms. The molecule has 2 rings (SSSR count). The normalized spacial score (nSPS) is 12.2. The predicted octanol–water partition coefficient (Wildman–Crippen LogP) is 2.75. The van der Waals surface area contributed by atoms with E-state index in [2.05, 4.69) is 31.3 Å². The summed E-state index contributed by atoms with van der Waals surface area (Å²) in [6.45, 7) is 4.74. The molecule has 2 aromatic rings. The number of hydrogen-bond acceptors (Lipinski definition) is 3. The van der Waals surface area contributed by atoms with E-state index in [1.807, 2.05) is 24.3 Å². The van der Waals surface area contributed by atoms with Crippen molar-refractivity contribution in [1.29, 1.82) is 0 Å². The van der Waals surface area contributed by atoms with Crippen LogP contribution in [0.4, 0.5) is 5.69 Å². The van der Waals surface area contributed by atoms with Gasteiger partial charge in [0.25, 0.3) is 0 Å². The second kappa shape index (κ2) is 7.79. The van der Waals surface area contributed by atoms with Crippen molar-refractivity contribution in [3.63, 3.8) is 0 Å². The Morgan fingerprint density at radius 1 is 1.00 bits per heavy atom. The Labute approximate surface area is 137 Å². The number of amides is 1. The van der Waals surface area contributed by atoms with Crippen LogP contribution in [0.25, 0.3) is 0 Å². The van der Waals surface area contributed by atoms with Gasteiger partial charge >= 0.3 is 0 Å². The lowest BCUT2D eigenvalue weighted by Gasteiger charge is -2.14. The molecule has 0 aliphatic rings. The first-order valence-corrected chi connectivity index (χ1v) is 7.92. The summed E-state index contributed by atoms with van der Waals surface area (Å²) >= 11 is 0. The number of carbonyl (C=O) groups excluding carboxylic acids is 1. The zero-order chi connectivity index (χ0) is 16.8. The highest BCUT2D eigenvalue weighted by Gasteiger charge is 2.09. The number of nitrogens with one attached hydrogen (secondary N) is 1. The lowest BCUT2D eigenvalue weighted by atomic mass is 9.99. The second-order valence-electron chi connectivity index (χ2n) is 6.15.